The minimum Gasteiger partial charge on any atom is -0.378 e. The van der Waals surface area contributed by atoms with Crippen molar-refractivity contribution >= 4 is 27.5 Å². The van der Waals surface area contributed by atoms with E-state index in [9.17, 15) is 9.59 Å². The molecule has 2 aliphatic rings. The van der Waals surface area contributed by atoms with Crippen molar-refractivity contribution in [3.63, 3.8) is 0 Å². The summed E-state index contributed by atoms with van der Waals surface area (Å²) in [7, 11) is 1.67. The number of hydrogen-bond donors (Lipinski definition) is 1. The summed E-state index contributed by atoms with van der Waals surface area (Å²) < 4.78 is 7.01. The molecule has 0 radical (unpaired) electrons. The Balaban J connectivity index is 1.63. The average molecular weight is 319 g/mol. The molecule has 3 atom stereocenters. The van der Waals surface area contributed by atoms with Gasteiger partial charge in [-0.25, -0.2) is 4.98 Å². The third-order valence-corrected chi connectivity index (χ3v) is 6.00. The van der Waals surface area contributed by atoms with Gasteiger partial charge in [0, 0.05) is 25.6 Å². The first kappa shape index (κ1) is 13.9. The van der Waals surface area contributed by atoms with Crippen molar-refractivity contribution in [3.8, 4) is 0 Å². The SMILES string of the molecule is Cc1c(C(=O)N[C@H]2C[C@@H]3OCC[C@H]23)sc2ncn(C)c(=O)c12. The van der Waals surface area contributed by atoms with Gasteiger partial charge >= 0.3 is 0 Å². The smallest absolute Gasteiger partial charge is 0.262 e. The third-order valence-electron chi connectivity index (χ3n) is 4.80. The zero-order chi connectivity index (χ0) is 15.4. The number of rotatable bonds is 2. The number of ether oxygens (including phenoxy) is 1. The Labute approximate surface area is 131 Å². The fourth-order valence-corrected chi connectivity index (χ4v) is 4.47. The second-order valence-electron chi connectivity index (χ2n) is 6.07. The van der Waals surface area contributed by atoms with Crippen LogP contribution in [0.3, 0.4) is 0 Å². The van der Waals surface area contributed by atoms with Crippen molar-refractivity contribution < 1.29 is 9.53 Å². The monoisotopic (exact) mass is 319 g/mol. The van der Waals surface area contributed by atoms with E-state index in [0.717, 1.165) is 25.0 Å². The number of thiophene rings is 1. The van der Waals surface area contributed by atoms with Gasteiger partial charge < -0.3 is 14.6 Å². The Morgan fingerprint density at radius 2 is 2.36 bits per heavy atom. The molecule has 1 saturated carbocycles. The number of carbonyl (C=O) groups excluding carboxylic acids is 1. The van der Waals surface area contributed by atoms with E-state index in [4.69, 9.17) is 4.74 Å². The van der Waals surface area contributed by atoms with Gasteiger partial charge in [0.15, 0.2) is 0 Å². The van der Waals surface area contributed by atoms with Crippen molar-refractivity contribution in [3.05, 3.63) is 27.1 Å². The van der Waals surface area contributed by atoms with Crippen molar-refractivity contribution in [1.82, 2.24) is 14.9 Å². The minimum atomic E-state index is -0.106. The van der Waals surface area contributed by atoms with Crippen LogP contribution in [0, 0.1) is 12.8 Å². The van der Waals surface area contributed by atoms with E-state index in [1.54, 1.807) is 7.05 Å². The molecule has 1 amide bonds. The molecule has 6 nitrogen and oxygen atoms in total. The number of amides is 1. The Hall–Kier alpha value is -1.73. The van der Waals surface area contributed by atoms with Crippen molar-refractivity contribution in [2.45, 2.75) is 31.9 Å². The van der Waals surface area contributed by atoms with Crippen molar-refractivity contribution in [2.24, 2.45) is 13.0 Å². The summed E-state index contributed by atoms with van der Waals surface area (Å²) in [5, 5.41) is 3.65. The van der Waals surface area contributed by atoms with Gasteiger partial charge in [0.2, 0.25) is 0 Å². The van der Waals surface area contributed by atoms with Crippen LogP contribution in [0.5, 0.6) is 0 Å². The highest BCUT2D eigenvalue weighted by atomic mass is 32.1. The number of hydrogen-bond acceptors (Lipinski definition) is 5. The van der Waals surface area contributed by atoms with Crippen molar-refractivity contribution in [1.29, 1.82) is 0 Å². The van der Waals surface area contributed by atoms with Gasteiger partial charge in [-0.3, -0.25) is 9.59 Å². The van der Waals surface area contributed by atoms with Crippen molar-refractivity contribution in [2.75, 3.05) is 6.61 Å². The average Bonchev–Trinajstić information content (AvgIpc) is 3.01. The lowest BCUT2D eigenvalue weighted by Gasteiger charge is -2.39. The zero-order valence-electron chi connectivity index (χ0n) is 12.5. The molecule has 1 aliphatic carbocycles. The first-order valence-electron chi connectivity index (χ1n) is 7.43. The summed E-state index contributed by atoms with van der Waals surface area (Å²) in [5.41, 5.74) is 0.621. The second-order valence-corrected chi connectivity index (χ2v) is 7.07. The molecule has 2 aromatic rings. The summed E-state index contributed by atoms with van der Waals surface area (Å²) in [6.07, 6.45) is 3.72. The van der Waals surface area contributed by atoms with Crippen LogP contribution in [0.1, 0.15) is 28.1 Å². The second kappa shape index (κ2) is 4.89. The lowest BCUT2D eigenvalue weighted by atomic mass is 9.76. The highest BCUT2D eigenvalue weighted by Gasteiger charge is 2.46. The Kier molecular flexibility index (Phi) is 3.09. The van der Waals surface area contributed by atoms with Crippen LogP contribution >= 0.6 is 11.3 Å². The van der Waals surface area contributed by atoms with Crippen LogP contribution in [0.2, 0.25) is 0 Å². The summed E-state index contributed by atoms with van der Waals surface area (Å²) in [6, 6.07) is 0.195. The molecule has 0 unspecified atom stereocenters. The van der Waals surface area contributed by atoms with Crippen LogP contribution in [0.4, 0.5) is 0 Å². The molecule has 7 heteroatoms. The number of aromatic nitrogens is 2. The first-order valence-corrected chi connectivity index (χ1v) is 8.25. The highest BCUT2D eigenvalue weighted by Crippen LogP contribution is 2.39. The van der Waals surface area contributed by atoms with Crippen LogP contribution in [0.25, 0.3) is 10.2 Å². The molecule has 1 aliphatic heterocycles. The Morgan fingerprint density at radius 1 is 1.55 bits per heavy atom. The maximum atomic E-state index is 12.5. The van der Waals surface area contributed by atoms with E-state index < -0.39 is 0 Å². The summed E-state index contributed by atoms with van der Waals surface area (Å²) in [5.74, 6) is 0.350. The van der Waals surface area contributed by atoms with E-state index in [1.165, 1.54) is 22.2 Å². The predicted molar refractivity (Wildman–Crippen MR) is 83.3 cm³/mol. The van der Waals surface area contributed by atoms with Gasteiger partial charge in [-0.05, 0) is 25.3 Å². The van der Waals surface area contributed by atoms with Crippen LogP contribution in [-0.4, -0.2) is 34.2 Å². The van der Waals surface area contributed by atoms with E-state index in [0.29, 0.717) is 27.1 Å². The number of fused-ring (bicyclic) bond motifs is 2. The van der Waals surface area contributed by atoms with E-state index in [-0.39, 0.29) is 17.5 Å². The molecule has 0 bridgehead atoms. The van der Waals surface area contributed by atoms with Gasteiger partial charge in [0.05, 0.1) is 22.7 Å². The normalized spacial score (nSPS) is 26.7. The maximum Gasteiger partial charge on any atom is 0.262 e. The van der Waals surface area contributed by atoms with Gasteiger partial charge in [-0.15, -0.1) is 11.3 Å². The Morgan fingerprint density at radius 3 is 3.14 bits per heavy atom. The third kappa shape index (κ3) is 1.92. The molecule has 1 saturated heterocycles. The van der Waals surface area contributed by atoms with Gasteiger partial charge in [0.1, 0.15) is 4.83 Å². The van der Waals surface area contributed by atoms with Crippen LogP contribution in [0.15, 0.2) is 11.1 Å². The van der Waals surface area contributed by atoms with Crippen LogP contribution in [-0.2, 0) is 11.8 Å². The lowest BCUT2D eigenvalue weighted by molar-refractivity contribution is 0.00815. The number of aryl methyl sites for hydroxylation is 2. The van der Waals surface area contributed by atoms with Crippen LogP contribution < -0.4 is 10.9 Å². The molecular formula is C15H17N3O3S. The lowest BCUT2D eigenvalue weighted by Crippen LogP contribution is -2.53. The molecular weight excluding hydrogens is 302 g/mol. The first-order chi connectivity index (χ1) is 10.6. The van der Waals surface area contributed by atoms with Gasteiger partial charge in [-0.1, -0.05) is 0 Å². The highest BCUT2D eigenvalue weighted by molar-refractivity contribution is 7.20. The van der Waals surface area contributed by atoms with Gasteiger partial charge in [0.25, 0.3) is 11.5 Å². The molecule has 2 fully saturated rings. The quantitative estimate of drug-likeness (QED) is 0.903. The zero-order valence-corrected chi connectivity index (χ0v) is 13.3. The molecule has 2 aromatic heterocycles. The summed E-state index contributed by atoms with van der Waals surface area (Å²) >= 11 is 1.29. The largest absolute Gasteiger partial charge is 0.378 e. The van der Waals surface area contributed by atoms with E-state index in [1.807, 2.05) is 6.92 Å². The van der Waals surface area contributed by atoms with E-state index >= 15 is 0 Å². The summed E-state index contributed by atoms with van der Waals surface area (Å²) in [4.78, 5) is 30.2. The molecule has 22 heavy (non-hydrogen) atoms. The van der Waals surface area contributed by atoms with E-state index in [2.05, 4.69) is 10.3 Å². The molecule has 1 N–H and O–H groups in total. The molecule has 116 valence electrons. The molecule has 0 spiro atoms. The Bertz CT molecular complexity index is 825. The molecule has 4 rings (SSSR count). The fourth-order valence-electron chi connectivity index (χ4n) is 3.42. The molecule has 3 heterocycles. The number of carbonyl (C=O) groups is 1. The molecule has 0 aromatic carbocycles. The number of nitrogens with zero attached hydrogens (tertiary/aromatic N) is 2. The predicted octanol–water partition coefficient (Wildman–Crippen LogP) is 1.21. The van der Waals surface area contributed by atoms with Gasteiger partial charge in [-0.2, -0.15) is 0 Å². The topological polar surface area (TPSA) is 73.2 Å². The maximum absolute atomic E-state index is 12.5. The summed E-state index contributed by atoms with van der Waals surface area (Å²) in [6.45, 7) is 2.61. The standard InChI is InChI=1S/C15H17N3O3S/c1-7-11-14(16-6-18(2)15(11)20)22-12(7)13(19)17-9-5-10-8(9)3-4-21-10/h6,8-10H,3-5H2,1-2H3,(H,17,19)/t8-,9+,10+/m1/s1. The fraction of sp³-hybridized carbons (Fsp3) is 0.533. The minimum absolute atomic E-state index is 0.0992. The number of nitrogens with one attached hydrogen (secondary N) is 1.